The summed E-state index contributed by atoms with van der Waals surface area (Å²) in [6, 6.07) is 0.508. The van der Waals surface area contributed by atoms with Gasteiger partial charge in [-0.2, -0.15) is 5.26 Å². The zero-order valence-corrected chi connectivity index (χ0v) is 14.1. The van der Waals surface area contributed by atoms with Crippen molar-refractivity contribution in [1.29, 1.82) is 10.7 Å². The van der Waals surface area contributed by atoms with Gasteiger partial charge in [-0.1, -0.05) is 18.2 Å². The van der Waals surface area contributed by atoms with E-state index in [0.29, 0.717) is 12.0 Å². The third kappa shape index (κ3) is 4.86. The van der Waals surface area contributed by atoms with E-state index >= 15 is 0 Å². The van der Waals surface area contributed by atoms with Crippen molar-refractivity contribution in [2.24, 2.45) is 23.3 Å². The Balaban J connectivity index is 2.23. The van der Waals surface area contributed by atoms with Gasteiger partial charge in [0, 0.05) is 18.0 Å². The molecular formula is C18H21F2N5O. The highest BCUT2D eigenvalue weighted by Crippen LogP contribution is 2.31. The van der Waals surface area contributed by atoms with Gasteiger partial charge < -0.3 is 16.8 Å². The number of amidine groups is 1. The van der Waals surface area contributed by atoms with Crippen LogP contribution in [0.25, 0.3) is 0 Å². The zero-order chi connectivity index (χ0) is 19.3. The summed E-state index contributed by atoms with van der Waals surface area (Å²) >= 11 is 0. The van der Waals surface area contributed by atoms with Crippen LogP contribution in [0.15, 0.2) is 47.6 Å². The molecule has 2 rings (SSSR count). The van der Waals surface area contributed by atoms with Gasteiger partial charge in [0.05, 0.1) is 30.3 Å². The van der Waals surface area contributed by atoms with E-state index in [1.165, 1.54) is 6.08 Å². The first-order valence-electron chi connectivity index (χ1n) is 8.20. The first-order chi connectivity index (χ1) is 12.3. The fourth-order valence-corrected chi connectivity index (χ4v) is 2.99. The Bertz CT molecular complexity index is 747. The molecule has 0 aromatic carbocycles. The molecule has 2 aliphatic rings. The molecule has 8 heteroatoms. The fraction of sp³-hybridized carbons (Fsp3) is 0.389. The molecule has 0 spiro atoms. The van der Waals surface area contributed by atoms with Gasteiger partial charge in [0.25, 0.3) is 0 Å². The van der Waals surface area contributed by atoms with Gasteiger partial charge in [-0.3, -0.25) is 10.2 Å². The largest absolute Gasteiger partial charge is 0.387 e. The number of nitrogens with one attached hydrogen (secondary N) is 2. The summed E-state index contributed by atoms with van der Waals surface area (Å²) in [6.45, 7) is 0. The fourth-order valence-electron chi connectivity index (χ4n) is 2.99. The Morgan fingerprint density at radius 3 is 2.69 bits per heavy atom. The molecule has 6 nitrogen and oxygen atoms in total. The Hall–Kier alpha value is -2.79. The van der Waals surface area contributed by atoms with Gasteiger partial charge in [-0.15, -0.1) is 0 Å². The van der Waals surface area contributed by atoms with Crippen LogP contribution in [0.1, 0.15) is 19.3 Å². The SMILES string of the molecule is N#CC1C=CC(C(NC(=O)CC(=N)N)C(N)C2CC=C(F)C=C2F)=CC1. The number of hydrogen-bond acceptors (Lipinski definition) is 4. The molecule has 6 N–H and O–H groups in total. The van der Waals surface area contributed by atoms with Crippen LogP contribution in [0.4, 0.5) is 8.78 Å². The highest BCUT2D eigenvalue weighted by atomic mass is 19.1. The minimum atomic E-state index is -0.860. The van der Waals surface area contributed by atoms with Crippen LogP contribution in [0.2, 0.25) is 0 Å². The minimum Gasteiger partial charge on any atom is -0.387 e. The van der Waals surface area contributed by atoms with E-state index in [1.54, 1.807) is 18.2 Å². The normalized spacial score (nSPS) is 24.5. The van der Waals surface area contributed by atoms with Crippen LogP contribution in [0.5, 0.6) is 0 Å². The molecule has 0 saturated carbocycles. The minimum absolute atomic E-state index is 0.0756. The molecule has 138 valence electrons. The molecule has 1 amide bonds. The number of halogens is 2. The second-order valence-corrected chi connectivity index (χ2v) is 6.32. The summed E-state index contributed by atoms with van der Waals surface area (Å²) in [6.07, 6.45) is 7.40. The number of amides is 1. The molecule has 0 radical (unpaired) electrons. The average Bonchev–Trinajstić information content (AvgIpc) is 2.58. The highest BCUT2D eigenvalue weighted by Gasteiger charge is 2.33. The summed E-state index contributed by atoms with van der Waals surface area (Å²) in [7, 11) is 0. The van der Waals surface area contributed by atoms with E-state index in [2.05, 4.69) is 11.4 Å². The maximum Gasteiger partial charge on any atom is 0.228 e. The Kier molecular flexibility index (Phi) is 6.41. The molecule has 0 aromatic heterocycles. The van der Waals surface area contributed by atoms with Crippen molar-refractivity contribution in [3.63, 3.8) is 0 Å². The quantitative estimate of drug-likeness (QED) is 0.425. The van der Waals surface area contributed by atoms with Crippen molar-refractivity contribution in [1.82, 2.24) is 5.32 Å². The zero-order valence-electron chi connectivity index (χ0n) is 14.1. The molecule has 2 aliphatic carbocycles. The Labute approximate surface area is 150 Å². The van der Waals surface area contributed by atoms with Crippen molar-refractivity contribution >= 4 is 11.7 Å². The predicted octanol–water partition coefficient (Wildman–Crippen LogP) is 1.88. The number of nitrogens with zero attached hydrogens (tertiary/aromatic N) is 1. The van der Waals surface area contributed by atoms with Gasteiger partial charge >= 0.3 is 0 Å². The number of allylic oxidation sites excluding steroid dienone is 5. The lowest BCUT2D eigenvalue weighted by molar-refractivity contribution is -0.120. The van der Waals surface area contributed by atoms with Crippen molar-refractivity contribution in [3.8, 4) is 6.07 Å². The third-order valence-corrected chi connectivity index (χ3v) is 4.37. The Morgan fingerprint density at radius 1 is 1.42 bits per heavy atom. The average molecular weight is 361 g/mol. The molecule has 0 aromatic rings. The third-order valence-electron chi connectivity index (χ3n) is 4.37. The molecule has 0 saturated heterocycles. The summed E-state index contributed by atoms with van der Waals surface area (Å²) in [5, 5.41) is 18.9. The summed E-state index contributed by atoms with van der Waals surface area (Å²) in [4.78, 5) is 12.1. The lowest BCUT2D eigenvalue weighted by Crippen LogP contribution is -2.53. The number of carbonyl (C=O) groups excluding carboxylic acids is 1. The van der Waals surface area contributed by atoms with Gasteiger partial charge in [-0.05, 0) is 24.5 Å². The molecule has 0 fully saturated rings. The summed E-state index contributed by atoms with van der Waals surface area (Å²) in [5.41, 5.74) is 12.1. The van der Waals surface area contributed by atoms with E-state index in [0.717, 1.165) is 6.08 Å². The number of nitriles is 1. The molecule has 4 atom stereocenters. The first kappa shape index (κ1) is 19.5. The second-order valence-electron chi connectivity index (χ2n) is 6.32. The molecule has 0 bridgehead atoms. The number of nitrogens with two attached hydrogens (primary N) is 2. The van der Waals surface area contributed by atoms with Gasteiger partial charge in [-0.25, -0.2) is 8.78 Å². The van der Waals surface area contributed by atoms with Crippen LogP contribution >= 0.6 is 0 Å². The van der Waals surface area contributed by atoms with E-state index < -0.39 is 35.6 Å². The number of hydrogen-bond donors (Lipinski definition) is 4. The van der Waals surface area contributed by atoms with Crippen molar-refractivity contribution < 1.29 is 13.6 Å². The summed E-state index contributed by atoms with van der Waals surface area (Å²) in [5.74, 6) is -3.22. The van der Waals surface area contributed by atoms with E-state index in [9.17, 15) is 13.6 Å². The standard InChI is InChI=1S/C18H21F2N5O/c19-12-5-6-13(14(20)7-12)17(24)18(25-16(26)8-15(22)23)11-3-1-10(9-21)2-4-11/h1,3-5,7,10,13,17-18H,2,6,8,24H2,(H3,22,23)(H,25,26). The monoisotopic (exact) mass is 361 g/mol. The van der Waals surface area contributed by atoms with Crippen LogP contribution in [0, 0.1) is 28.6 Å². The lowest BCUT2D eigenvalue weighted by Gasteiger charge is -2.33. The molecule has 26 heavy (non-hydrogen) atoms. The first-order valence-corrected chi connectivity index (χ1v) is 8.20. The van der Waals surface area contributed by atoms with Crippen LogP contribution in [0.3, 0.4) is 0 Å². The smallest absolute Gasteiger partial charge is 0.228 e. The van der Waals surface area contributed by atoms with Crippen LogP contribution < -0.4 is 16.8 Å². The second kappa shape index (κ2) is 8.54. The highest BCUT2D eigenvalue weighted by molar-refractivity contribution is 5.97. The molecule has 4 unspecified atom stereocenters. The van der Waals surface area contributed by atoms with Crippen molar-refractivity contribution in [2.75, 3.05) is 0 Å². The summed E-state index contributed by atoms with van der Waals surface area (Å²) < 4.78 is 27.4. The predicted molar refractivity (Wildman–Crippen MR) is 93.9 cm³/mol. The maximum atomic E-state index is 14.2. The van der Waals surface area contributed by atoms with E-state index in [1.807, 2.05) is 0 Å². The molecular weight excluding hydrogens is 340 g/mol. The molecule has 0 aliphatic heterocycles. The van der Waals surface area contributed by atoms with E-state index in [4.69, 9.17) is 22.1 Å². The lowest BCUT2D eigenvalue weighted by atomic mass is 9.82. The topological polar surface area (TPSA) is 129 Å². The van der Waals surface area contributed by atoms with Crippen molar-refractivity contribution in [2.45, 2.75) is 31.3 Å². The number of rotatable bonds is 6. The molecule has 0 heterocycles. The van der Waals surface area contributed by atoms with Crippen molar-refractivity contribution in [3.05, 3.63) is 47.6 Å². The van der Waals surface area contributed by atoms with E-state index in [-0.39, 0.29) is 24.6 Å². The van der Waals surface area contributed by atoms with Crippen LogP contribution in [-0.2, 0) is 4.79 Å². The maximum absolute atomic E-state index is 14.2. The number of carbonyl (C=O) groups is 1. The van der Waals surface area contributed by atoms with Gasteiger partial charge in [0.15, 0.2) is 0 Å². The van der Waals surface area contributed by atoms with Crippen LogP contribution in [-0.4, -0.2) is 23.8 Å². The van der Waals surface area contributed by atoms with Gasteiger partial charge in [0.1, 0.15) is 11.7 Å². The van der Waals surface area contributed by atoms with Gasteiger partial charge in [0.2, 0.25) is 5.91 Å². The Morgan fingerprint density at radius 2 is 2.15 bits per heavy atom.